The van der Waals surface area contributed by atoms with Gasteiger partial charge in [-0.25, -0.2) is 0 Å². The largest absolute Gasteiger partial charge is 0.507 e. The van der Waals surface area contributed by atoms with Crippen molar-refractivity contribution < 1.29 is 24.6 Å². The van der Waals surface area contributed by atoms with Gasteiger partial charge in [0.15, 0.2) is 0 Å². The van der Waals surface area contributed by atoms with Crippen LogP contribution in [0.3, 0.4) is 0 Å². The molecule has 2 aromatic rings. The molecular weight excluding hydrogens is 406 g/mol. The Kier molecular flexibility index (Phi) is 11.0. The first kappa shape index (κ1) is 25.1. The average Bonchev–Trinajstić information content (AvgIpc) is 2.76. The second-order valence-electron chi connectivity index (χ2n) is 8.07. The van der Waals surface area contributed by atoms with Crippen molar-refractivity contribution in [2.45, 2.75) is 64.2 Å². The Labute approximate surface area is 189 Å². The fourth-order valence-electron chi connectivity index (χ4n) is 3.52. The molecule has 0 aliphatic heterocycles. The van der Waals surface area contributed by atoms with Crippen LogP contribution in [0.15, 0.2) is 48.5 Å². The summed E-state index contributed by atoms with van der Waals surface area (Å²) in [4.78, 5) is 34.7. The van der Waals surface area contributed by atoms with Gasteiger partial charge in [-0.15, -0.1) is 0 Å². The lowest BCUT2D eigenvalue weighted by Gasteiger charge is -2.07. The van der Waals surface area contributed by atoms with Crippen LogP contribution in [0.2, 0.25) is 0 Å². The van der Waals surface area contributed by atoms with Crippen LogP contribution in [0.25, 0.3) is 0 Å². The normalized spacial score (nSPS) is 10.6. The summed E-state index contributed by atoms with van der Waals surface area (Å²) in [6.45, 7) is 0.568. The minimum Gasteiger partial charge on any atom is -0.507 e. The number of rotatable bonds is 15. The Balaban J connectivity index is 1.51. The number of carbonyl (C=O) groups is 3. The second kappa shape index (κ2) is 14.0. The van der Waals surface area contributed by atoms with Gasteiger partial charge in [-0.1, -0.05) is 55.7 Å². The van der Waals surface area contributed by atoms with Crippen molar-refractivity contribution >= 4 is 17.7 Å². The zero-order valence-corrected chi connectivity index (χ0v) is 18.5. The second-order valence-corrected chi connectivity index (χ2v) is 8.07. The summed E-state index contributed by atoms with van der Waals surface area (Å²) >= 11 is 0. The number of phenolic OH excluding ortho intramolecular Hbond substituents is 1. The molecule has 172 valence electrons. The fourth-order valence-corrected chi connectivity index (χ4v) is 3.52. The van der Waals surface area contributed by atoms with Crippen molar-refractivity contribution in [1.82, 2.24) is 5.32 Å². The third kappa shape index (κ3) is 9.77. The van der Waals surface area contributed by atoms with E-state index < -0.39 is 5.97 Å². The maximum atomic E-state index is 12.2. The number of para-hydroxylation sites is 1. The Morgan fingerprint density at radius 1 is 0.750 bits per heavy atom. The Bertz CT molecular complexity index is 876. The van der Waals surface area contributed by atoms with Crippen LogP contribution in [0, 0.1) is 0 Å². The van der Waals surface area contributed by atoms with Gasteiger partial charge in [-0.05, 0) is 48.9 Å². The number of carbonyl (C=O) groups excluding carboxylic acids is 2. The molecule has 0 spiro atoms. The van der Waals surface area contributed by atoms with Crippen LogP contribution < -0.4 is 5.32 Å². The lowest BCUT2D eigenvalue weighted by atomic mass is 10.0. The lowest BCUT2D eigenvalue weighted by Crippen LogP contribution is -2.24. The lowest BCUT2D eigenvalue weighted by molar-refractivity contribution is -0.137. The maximum absolute atomic E-state index is 12.2. The topological polar surface area (TPSA) is 104 Å². The van der Waals surface area contributed by atoms with Gasteiger partial charge in [-0.2, -0.15) is 0 Å². The number of ketones is 1. The number of aliphatic carboxylic acids is 1. The molecule has 0 radical (unpaired) electrons. The highest BCUT2D eigenvalue weighted by atomic mass is 16.4. The summed E-state index contributed by atoms with van der Waals surface area (Å²) in [5, 5.41) is 21.2. The highest BCUT2D eigenvalue weighted by molar-refractivity contribution is 5.96. The minimum atomic E-state index is -0.775. The number of carboxylic acid groups (broad SMARTS) is 1. The molecule has 6 heteroatoms. The van der Waals surface area contributed by atoms with Gasteiger partial charge in [0.05, 0.1) is 5.56 Å². The van der Waals surface area contributed by atoms with Gasteiger partial charge >= 0.3 is 5.97 Å². The Morgan fingerprint density at radius 3 is 2.12 bits per heavy atom. The van der Waals surface area contributed by atoms with Crippen LogP contribution >= 0.6 is 0 Å². The van der Waals surface area contributed by atoms with Gasteiger partial charge in [0, 0.05) is 25.8 Å². The highest BCUT2D eigenvalue weighted by Crippen LogP contribution is 2.15. The summed E-state index contributed by atoms with van der Waals surface area (Å²) in [5.74, 6) is -0.815. The van der Waals surface area contributed by atoms with Gasteiger partial charge in [0.1, 0.15) is 11.5 Å². The number of Topliss-reactive ketones (excluding diaryl/α,β-unsaturated/α-hetero) is 1. The molecule has 0 aromatic heterocycles. The molecule has 0 aliphatic rings. The quantitative estimate of drug-likeness (QED) is 0.350. The first-order chi connectivity index (χ1) is 15.5. The summed E-state index contributed by atoms with van der Waals surface area (Å²) in [6.07, 6.45) is 7.27. The summed E-state index contributed by atoms with van der Waals surface area (Å²) < 4.78 is 0. The molecule has 32 heavy (non-hydrogen) atoms. The highest BCUT2D eigenvalue weighted by Gasteiger charge is 2.09. The molecule has 0 fully saturated rings. The Hall–Kier alpha value is -3.15. The van der Waals surface area contributed by atoms with Gasteiger partial charge in [-0.3, -0.25) is 14.4 Å². The van der Waals surface area contributed by atoms with E-state index in [1.807, 2.05) is 24.3 Å². The molecule has 2 rings (SSSR count). The molecule has 0 bridgehead atoms. The van der Waals surface area contributed by atoms with Crippen molar-refractivity contribution in [2.24, 2.45) is 0 Å². The molecule has 0 aliphatic carbocycles. The number of unbranched alkanes of at least 4 members (excludes halogenated alkanes) is 4. The van der Waals surface area contributed by atoms with Gasteiger partial charge < -0.3 is 15.5 Å². The molecule has 6 nitrogen and oxygen atoms in total. The van der Waals surface area contributed by atoms with Crippen molar-refractivity contribution in [3.8, 4) is 5.75 Å². The monoisotopic (exact) mass is 439 g/mol. The van der Waals surface area contributed by atoms with E-state index >= 15 is 0 Å². The average molecular weight is 440 g/mol. The van der Waals surface area contributed by atoms with E-state index in [2.05, 4.69) is 5.32 Å². The standard InChI is InChI=1S/C26H33NO5/c28-22(19-21-16-14-20(15-17-21)9-8-13-25(30)31)10-4-2-1-3-7-18-27-26(32)23-11-5-6-12-24(23)29/h5-6,11-12,14-17,29H,1-4,7-10,13,18-19H2,(H,27,32)(H,30,31). The number of aromatic hydroxyl groups is 1. The summed E-state index contributed by atoms with van der Waals surface area (Å²) in [6, 6.07) is 14.4. The van der Waals surface area contributed by atoms with E-state index in [1.165, 1.54) is 6.07 Å². The molecule has 0 atom stereocenters. The molecule has 1 amide bonds. The molecule has 0 unspecified atom stereocenters. The molecule has 0 saturated carbocycles. The van der Waals surface area contributed by atoms with Gasteiger partial charge in [0.2, 0.25) is 0 Å². The Morgan fingerprint density at radius 2 is 1.41 bits per heavy atom. The van der Waals surface area contributed by atoms with Crippen molar-refractivity contribution in [3.63, 3.8) is 0 Å². The summed E-state index contributed by atoms with van der Waals surface area (Å²) in [7, 11) is 0. The van der Waals surface area contributed by atoms with E-state index in [9.17, 15) is 19.5 Å². The van der Waals surface area contributed by atoms with Gasteiger partial charge in [0.25, 0.3) is 5.91 Å². The number of aryl methyl sites for hydroxylation is 1. The van der Waals surface area contributed by atoms with Crippen LogP contribution in [0.5, 0.6) is 5.75 Å². The van der Waals surface area contributed by atoms with Crippen LogP contribution in [-0.2, 0) is 22.4 Å². The van der Waals surface area contributed by atoms with E-state index in [0.717, 1.165) is 49.7 Å². The van der Waals surface area contributed by atoms with E-state index in [0.29, 0.717) is 31.4 Å². The van der Waals surface area contributed by atoms with Crippen LogP contribution in [-0.4, -0.2) is 34.4 Å². The zero-order chi connectivity index (χ0) is 23.2. The molecule has 2 aromatic carbocycles. The fraction of sp³-hybridized carbons (Fsp3) is 0.423. The zero-order valence-electron chi connectivity index (χ0n) is 18.5. The smallest absolute Gasteiger partial charge is 0.303 e. The predicted octanol–water partition coefficient (Wildman–Crippen LogP) is 4.68. The number of amides is 1. The first-order valence-electron chi connectivity index (χ1n) is 11.3. The molecule has 0 saturated heterocycles. The first-order valence-corrected chi connectivity index (χ1v) is 11.3. The van der Waals surface area contributed by atoms with Crippen LogP contribution in [0.4, 0.5) is 0 Å². The van der Waals surface area contributed by atoms with E-state index in [-0.39, 0.29) is 23.9 Å². The molecule has 3 N–H and O–H groups in total. The van der Waals surface area contributed by atoms with Crippen molar-refractivity contribution in [3.05, 3.63) is 65.2 Å². The van der Waals surface area contributed by atoms with E-state index in [4.69, 9.17) is 5.11 Å². The van der Waals surface area contributed by atoms with Crippen LogP contribution in [0.1, 0.15) is 72.9 Å². The predicted molar refractivity (Wildman–Crippen MR) is 124 cm³/mol. The number of hydrogen-bond donors (Lipinski definition) is 3. The van der Waals surface area contributed by atoms with Crippen molar-refractivity contribution in [1.29, 1.82) is 0 Å². The maximum Gasteiger partial charge on any atom is 0.303 e. The third-order valence-corrected chi connectivity index (χ3v) is 5.35. The number of benzene rings is 2. The van der Waals surface area contributed by atoms with E-state index in [1.54, 1.807) is 18.2 Å². The third-order valence-electron chi connectivity index (χ3n) is 5.35. The number of phenols is 1. The summed E-state index contributed by atoms with van der Waals surface area (Å²) in [5.41, 5.74) is 2.38. The van der Waals surface area contributed by atoms with Crippen molar-refractivity contribution in [2.75, 3.05) is 6.54 Å². The SMILES string of the molecule is O=C(O)CCCc1ccc(CC(=O)CCCCCCCNC(=O)c2ccccc2O)cc1. The number of nitrogens with one attached hydrogen (secondary N) is 1. The minimum absolute atomic E-state index is 0.0126. The number of carboxylic acids is 1. The molecular formula is C26H33NO5. The molecule has 0 heterocycles. The number of hydrogen-bond acceptors (Lipinski definition) is 4.